The summed E-state index contributed by atoms with van der Waals surface area (Å²) >= 11 is 0. The van der Waals surface area contributed by atoms with Crippen LogP contribution >= 0.6 is 0 Å². The second-order valence-corrected chi connectivity index (χ2v) is 4.51. The van der Waals surface area contributed by atoms with Crippen LogP contribution in [0.3, 0.4) is 0 Å². The third-order valence-electron chi connectivity index (χ3n) is 3.31. The number of piperazine rings is 1. The first kappa shape index (κ1) is 10.6. The maximum Gasteiger partial charge on any atom is 0.234 e. The van der Waals surface area contributed by atoms with Crippen molar-refractivity contribution in [2.75, 3.05) is 26.2 Å². The van der Waals surface area contributed by atoms with Crippen LogP contribution in [0, 0.1) is 5.92 Å². The van der Waals surface area contributed by atoms with Gasteiger partial charge in [0.1, 0.15) is 5.78 Å². The Hall–Kier alpha value is -0.900. The van der Waals surface area contributed by atoms with E-state index >= 15 is 0 Å². The van der Waals surface area contributed by atoms with Crippen LogP contribution in [0.25, 0.3) is 0 Å². The number of hydrogen-bond donors (Lipinski definition) is 1. The van der Waals surface area contributed by atoms with Crippen LogP contribution < -0.4 is 5.32 Å². The largest absolute Gasteiger partial charge is 0.354 e. The zero-order valence-corrected chi connectivity index (χ0v) is 9.00. The highest BCUT2D eigenvalue weighted by molar-refractivity contribution is 5.84. The quantitative estimate of drug-likeness (QED) is 0.723. The Bertz CT molecular complexity index is 259. The molecular formula is C11H18N2O2. The number of amides is 1. The van der Waals surface area contributed by atoms with Gasteiger partial charge in [-0.25, -0.2) is 0 Å². The molecule has 4 heteroatoms. The Kier molecular flexibility index (Phi) is 3.36. The SMILES string of the molecule is O=C1CN(CC(=O)C2CCCC2)CCN1. The van der Waals surface area contributed by atoms with Crippen molar-refractivity contribution in [3.8, 4) is 0 Å². The molecule has 0 aromatic carbocycles. The molecule has 4 nitrogen and oxygen atoms in total. The third kappa shape index (κ3) is 2.78. The Morgan fingerprint density at radius 2 is 2.13 bits per heavy atom. The smallest absolute Gasteiger partial charge is 0.234 e. The third-order valence-corrected chi connectivity index (χ3v) is 3.31. The molecule has 2 rings (SSSR count). The first-order chi connectivity index (χ1) is 7.25. The molecule has 1 aliphatic carbocycles. The van der Waals surface area contributed by atoms with Gasteiger partial charge in [0, 0.05) is 19.0 Å². The lowest BCUT2D eigenvalue weighted by Gasteiger charge is -2.26. The number of carbonyl (C=O) groups is 2. The predicted octanol–water partition coefficient (Wildman–Crippen LogP) is 0.177. The van der Waals surface area contributed by atoms with Gasteiger partial charge in [-0.1, -0.05) is 12.8 Å². The molecule has 0 unspecified atom stereocenters. The van der Waals surface area contributed by atoms with Gasteiger partial charge in [0.15, 0.2) is 0 Å². The average molecular weight is 210 g/mol. The molecule has 1 saturated carbocycles. The summed E-state index contributed by atoms with van der Waals surface area (Å²) in [5.74, 6) is 0.651. The molecular weight excluding hydrogens is 192 g/mol. The number of carbonyl (C=O) groups excluding carboxylic acids is 2. The van der Waals surface area contributed by atoms with Crippen LogP contribution in [0.15, 0.2) is 0 Å². The lowest BCUT2D eigenvalue weighted by molar-refractivity contribution is -0.127. The summed E-state index contributed by atoms with van der Waals surface area (Å²) in [4.78, 5) is 24.9. The number of Topliss-reactive ketones (excluding diaryl/α,β-unsaturated/α-hetero) is 1. The summed E-state index contributed by atoms with van der Waals surface area (Å²) in [6, 6.07) is 0. The van der Waals surface area contributed by atoms with Gasteiger partial charge in [0.05, 0.1) is 13.1 Å². The fourth-order valence-electron chi connectivity index (χ4n) is 2.42. The molecule has 84 valence electrons. The molecule has 1 N–H and O–H groups in total. The molecule has 1 heterocycles. The minimum Gasteiger partial charge on any atom is -0.354 e. The van der Waals surface area contributed by atoms with E-state index in [0.29, 0.717) is 25.4 Å². The van der Waals surface area contributed by atoms with Crippen molar-refractivity contribution in [3.63, 3.8) is 0 Å². The molecule has 1 amide bonds. The fraction of sp³-hybridized carbons (Fsp3) is 0.818. The van der Waals surface area contributed by atoms with E-state index in [1.807, 2.05) is 4.90 Å². The van der Waals surface area contributed by atoms with Gasteiger partial charge in [0.2, 0.25) is 5.91 Å². The fourth-order valence-corrected chi connectivity index (χ4v) is 2.42. The van der Waals surface area contributed by atoms with Crippen molar-refractivity contribution in [2.24, 2.45) is 5.92 Å². The van der Waals surface area contributed by atoms with Crippen LogP contribution in [-0.2, 0) is 9.59 Å². The molecule has 0 spiro atoms. The maximum absolute atomic E-state index is 11.8. The highest BCUT2D eigenvalue weighted by Crippen LogP contribution is 2.25. The Labute approximate surface area is 90.0 Å². The standard InChI is InChI=1S/C11H18N2O2/c14-10(9-3-1-2-4-9)7-13-6-5-12-11(15)8-13/h9H,1-8H2,(H,12,15). The normalized spacial score (nSPS) is 24.1. The van der Waals surface area contributed by atoms with Gasteiger partial charge in [-0.3, -0.25) is 14.5 Å². The molecule has 2 fully saturated rings. The summed E-state index contributed by atoms with van der Waals surface area (Å²) in [6.07, 6.45) is 4.49. The van der Waals surface area contributed by atoms with Crippen molar-refractivity contribution >= 4 is 11.7 Å². The molecule has 1 aliphatic heterocycles. The van der Waals surface area contributed by atoms with Gasteiger partial charge in [0.25, 0.3) is 0 Å². The molecule has 15 heavy (non-hydrogen) atoms. The minimum atomic E-state index is 0.0421. The Morgan fingerprint density at radius 1 is 1.40 bits per heavy atom. The van der Waals surface area contributed by atoms with E-state index in [4.69, 9.17) is 0 Å². The van der Waals surface area contributed by atoms with E-state index in [2.05, 4.69) is 5.32 Å². The number of rotatable bonds is 3. The maximum atomic E-state index is 11.8. The van der Waals surface area contributed by atoms with Gasteiger partial charge in [-0.2, -0.15) is 0 Å². The number of nitrogens with zero attached hydrogens (tertiary/aromatic N) is 1. The van der Waals surface area contributed by atoms with Gasteiger partial charge in [-0.15, -0.1) is 0 Å². The Balaban J connectivity index is 1.79. The van der Waals surface area contributed by atoms with Crippen molar-refractivity contribution < 1.29 is 9.59 Å². The highest BCUT2D eigenvalue weighted by atomic mass is 16.2. The van der Waals surface area contributed by atoms with Crippen LogP contribution in [0.5, 0.6) is 0 Å². The molecule has 1 saturated heterocycles. The lowest BCUT2D eigenvalue weighted by Crippen LogP contribution is -2.49. The van der Waals surface area contributed by atoms with E-state index in [1.54, 1.807) is 0 Å². The topological polar surface area (TPSA) is 49.4 Å². The van der Waals surface area contributed by atoms with E-state index < -0.39 is 0 Å². The summed E-state index contributed by atoms with van der Waals surface area (Å²) in [5.41, 5.74) is 0. The molecule has 0 bridgehead atoms. The Morgan fingerprint density at radius 3 is 2.80 bits per heavy atom. The van der Waals surface area contributed by atoms with E-state index in [0.717, 1.165) is 19.4 Å². The van der Waals surface area contributed by atoms with Crippen molar-refractivity contribution in [1.29, 1.82) is 0 Å². The van der Waals surface area contributed by atoms with Crippen molar-refractivity contribution in [3.05, 3.63) is 0 Å². The highest BCUT2D eigenvalue weighted by Gasteiger charge is 2.25. The number of hydrogen-bond acceptors (Lipinski definition) is 3. The van der Waals surface area contributed by atoms with Gasteiger partial charge < -0.3 is 5.32 Å². The second-order valence-electron chi connectivity index (χ2n) is 4.51. The minimum absolute atomic E-state index is 0.0421. The zero-order valence-electron chi connectivity index (χ0n) is 9.00. The lowest BCUT2D eigenvalue weighted by atomic mass is 10.0. The molecule has 0 aromatic heterocycles. The van der Waals surface area contributed by atoms with E-state index in [1.165, 1.54) is 12.8 Å². The van der Waals surface area contributed by atoms with Crippen LogP contribution in [0.4, 0.5) is 0 Å². The number of nitrogens with one attached hydrogen (secondary N) is 1. The number of ketones is 1. The van der Waals surface area contributed by atoms with Gasteiger partial charge in [-0.05, 0) is 12.8 Å². The first-order valence-corrected chi connectivity index (χ1v) is 5.77. The average Bonchev–Trinajstić information content (AvgIpc) is 2.70. The van der Waals surface area contributed by atoms with Crippen LogP contribution in [0.1, 0.15) is 25.7 Å². The van der Waals surface area contributed by atoms with Gasteiger partial charge >= 0.3 is 0 Å². The zero-order chi connectivity index (χ0) is 10.7. The predicted molar refractivity (Wildman–Crippen MR) is 56.4 cm³/mol. The van der Waals surface area contributed by atoms with E-state index in [9.17, 15) is 9.59 Å². The molecule has 0 atom stereocenters. The summed E-state index contributed by atoms with van der Waals surface area (Å²) in [6.45, 7) is 2.34. The molecule has 2 aliphatic rings. The van der Waals surface area contributed by atoms with Crippen LogP contribution in [0.2, 0.25) is 0 Å². The van der Waals surface area contributed by atoms with Crippen molar-refractivity contribution in [1.82, 2.24) is 10.2 Å². The second kappa shape index (κ2) is 4.75. The van der Waals surface area contributed by atoms with Crippen LogP contribution in [-0.4, -0.2) is 42.8 Å². The van der Waals surface area contributed by atoms with E-state index in [-0.39, 0.29) is 11.8 Å². The molecule has 0 radical (unpaired) electrons. The monoisotopic (exact) mass is 210 g/mol. The summed E-state index contributed by atoms with van der Waals surface area (Å²) < 4.78 is 0. The van der Waals surface area contributed by atoms with Crippen molar-refractivity contribution in [2.45, 2.75) is 25.7 Å². The summed E-state index contributed by atoms with van der Waals surface area (Å²) in [7, 11) is 0. The summed E-state index contributed by atoms with van der Waals surface area (Å²) in [5, 5.41) is 2.76. The molecule has 0 aromatic rings. The first-order valence-electron chi connectivity index (χ1n) is 5.77.